The van der Waals surface area contributed by atoms with Crippen molar-refractivity contribution in [3.8, 4) is 5.88 Å². The first-order valence-electron chi connectivity index (χ1n) is 3.90. The van der Waals surface area contributed by atoms with Crippen LogP contribution in [0.15, 0.2) is 34.9 Å². The van der Waals surface area contributed by atoms with Crippen molar-refractivity contribution in [3.05, 3.63) is 34.9 Å². The maximum absolute atomic E-state index is 5.06. The minimum absolute atomic E-state index is 0.630. The molecular formula is C10H8BrNO. The Kier molecular flexibility index (Phi) is 2.19. The summed E-state index contributed by atoms with van der Waals surface area (Å²) >= 11 is 3.40. The van der Waals surface area contributed by atoms with Crippen LogP contribution >= 0.6 is 15.9 Å². The molecule has 0 saturated carbocycles. The zero-order chi connectivity index (χ0) is 9.26. The van der Waals surface area contributed by atoms with E-state index in [1.165, 1.54) is 0 Å². The van der Waals surface area contributed by atoms with Gasteiger partial charge in [-0.15, -0.1) is 0 Å². The summed E-state index contributed by atoms with van der Waals surface area (Å²) in [6.45, 7) is 0. The van der Waals surface area contributed by atoms with Gasteiger partial charge in [0.1, 0.15) is 4.60 Å². The lowest BCUT2D eigenvalue weighted by Gasteiger charge is -2.03. The highest BCUT2D eigenvalue weighted by molar-refractivity contribution is 9.10. The average Bonchev–Trinajstić information content (AvgIpc) is 2.18. The van der Waals surface area contributed by atoms with Crippen molar-refractivity contribution in [1.29, 1.82) is 0 Å². The molecule has 2 rings (SSSR count). The van der Waals surface area contributed by atoms with Gasteiger partial charge < -0.3 is 4.74 Å². The van der Waals surface area contributed by atoms with E-state index >= 15 is 0 Å². The van der Waals surface area contributed by atoms with Gasteiger partial charge in [0, 0.05) is 11.5 Å². The second-order valence-corrected chi connectivity index (χ2v) is 3.43. The molecule has 0 fully saturated rings. The molecule has 0 aliphatic heterocycles. The molecule has 0 bridgehead atoms. The number of hydrogen-bond donors (Lipinski definition) is 0. The Labute approximate surface area is 84.7 Å². The van der Waals surface area contributed by atoms with E-state index in [-0.39, 0.29) is 0 Å². The number of fused-ring (bicyclic) bond motifs is 1. The van der Waals surface area contributed by atoms with Gasteiger partial charge in [-0.2, -0.15) is 0 Å². The van der Waals surface area contributed by atoms with Crippen LogP contribution < -0.4 is 4.74 Å². The van der Waals surface area contributed by atoms with Crippen molar-refractivity contribution < 1.29 is 4.74 Å². The summed E-state index contributed by atoms with van der Waals surface area (Å²) in [7, 11) is 1.61. The van der Waals surface area contributed by atoms with E-state index in [0.29, 0.717) is 5.88 Å². The monoisotopic (exact) mass is 237 g/mol. The molecule has 0 amide bonds. The molecule has 0 spiro atoms. The van der Waals surface area contributed by atoms with Crippen molar-refractivity contribution in [2.24, 2.45) is 0 Å². The van der Waals surface area contributed by atoms with Crippen LogP contribution in [0.5, 0.6) is 5.88 Å². The van der Waals surface area contributed by atoms with Crippen LogP contribution in [0.25, 0.3) is 10.8 Å². The minimum atomic E-state index is 0.630. The molecule has 0 unspecified atom stereocenters. The lowest BCUT2D eigenvalue weighted by atomic mass is 10.2. The van der Waals surface area contributed by atoms with Crippen molar-refractivity contribution in [1.82, 2.24) is 4.98 Å². The number of nitrogens with zero attached hydrogens (tertiary/aromatic N) is 1. The van der Waals surface area contributed by atoms with E-state index in [0.717, 1.165) is 15.4 Å². The van der Waals surface area contributed by atoms with E-state index in [4.69, 9.17) is 4.74 Å². The summed E-state index contributed by atoms with van der Waals surface area (Å²) in [6, 6.07) is 9.95. The summed E-state index contributed by atoms with van der Waals surface area (Å²) in [5, 5.41) is 2.23. The van der Waals surface area contributed by atoms with Crippen LogP contribution in [0.4, 0.5) is 0 Å². The van der Waals surface area contributed by atoms with E-state index in [1.807, 2.05) is 30.3 Å². The predicted molar refractivity (Wildman–Crippen MR) is 56.0 cm³/mol. The highest BCUT2D eigenvalue weighted by atomic mass is 79.9. The SMILES string of the molecule is COc1cc2ccccc2c(Br)n1. The highest BCUT2D eigenvalue weighted by Gasteiger charge is 2.01. The Morgan fingerprint density at radius 3 is 2.85 bits per heavy atom. The van der Waals surface area contributed by atoms with Crippen LogP contribution in [0.1, 0.15) is 0 Å². The summed E-state index contributed by atoms with van der Waals surface area (Å²) in [5.74, 6) is 0.630. The van der Waals surface area contributed by atoms with E-state index in [9.17, 15) is 0 Å². The maximum atomic E-state index is 5.06. The van der Waals surface area contributed by atoms with Crippen LogP contribution in [0, 0.1) is 0 Å². The minimum Gasteiger partial charge on any atom is -0.481 e. The molecule has 13 heavy (non-hydrogen) atoms. The second kappa shape index (κ2) is 3.34. The fraction of sp³-hybridized carbons (Fsp3) is 0.100. The molecule has 0 radical (unpaired) electrons. The first-order chi connectivity index (χ1) is 6.31. The maximum Gasteiger partial charge on any atom is 0.214 e. The average molecular weight is 238 g/mol. The smallest absolute Gasteiger partial charge is 0.214 e. The lowest BCUT2D eigenvalue weighted by Crippen LogP contribution is -1.88. The van der Waals surface area contributed by atoms with E-state index in [2.05, 4.69) is 20.9 Å². The Bertz CT molecular complexity index is 442. The lowest BCUT2D eigenvalue weighted by molar-refractivity contribution is 0.398. The Morgan fingerprint density at radius 1 is 1.31 bits per heavy atom. The normalized spacial score (nSPS) is 10.3. The van der Waals surface area contributed by atoms with Crippen LogP contribution in [-0.4, -0.2) is 12.1 Å². The molecule has 1 aromatic heterocycles. The van der Waals surface area contributed by atoms with Gasteiger partial charge in [0.15, 0.2) is 0 Å². The molecule has 1 aromatic carbocycles. The van der Waals surface area contributed by atoms with Crippen molar-refractivity contribution >= 4 is 26.7 Å². The van der Waals surface area contributed by atoms with E-state index in [1.54, 1.807) is 7.11 Å². The molecular weight excluding hydrogens is 230 g/mol. The molecule has 0 aliphatic rings. The van der Waals surface area contributed by atoms with Gasteiger partial charge in [0.2, 0.25) is 5.88 Å². The molecule has 0 N–H and O–H groups in total. The highest BCUT2D eigenvalue weighted by Crippen LogP contribution is 2.25. The summed E-state index contributed by atoms with van der Waals surface area (Å²) in [6.07, 6.45) is 0. The summed E-state index contributed by atoms with van der Waals surface area (Å²) in [4.78, 5) is 4.21. The van der Waals surface area contributed by atoms with Gasteiger partial charge in [0.05, 0.1) is 7.11 Å². The van der Waals surface area contributed by atoms with Crippen LogP contribution in [-0.2, 0) is 0 Å². The number of halogens is 1. The predicted octanol–water partition coefficient (Wildman–Crippen LogP) is 3.01. The fourth-order valence-electron chi connectivity index (χ4n) is 1.24. The number of benzene rings is 1. The number of ether oxygens (including phenoxy) is 1. The van der Waals surface area contributed by atoms with Gasteiger partial charge in [-0.1, -0.05) is 24.3 Å². The first kappa shape index (κ1) is 8.51. The van der Waals surface area contributed by atoms with Gasteiger partial charge in [-0.3, -0.25) is 0 Å². The Hall–Kier alpha value is -1.09. The summed E-state index contributed by atoms with van der Waals surface area (Å²) < 4.78 is 5.88. The topological polar surface area (TPSA) is 22.1 Å². The molecule has 0 aliphatic carbocycles. The fourth-order valence-corrected chi connectivity index (χ4v) is 1.77. The molecule has 0 atom stereocenters. The number of pyridine rings is 1. The number of rotatable bonds is 1. The van der Waals surface area contributed by atoms with Crippen LogP contribution in [0.2, 0.25) is 0 Å². The first-order valence-corrected chi connectivity index (χ1v) is 4.70. The van der Waals surface area contributed by atoms with Crippen molar-refractivity contribution in [2.75, 3.05) is 7.11 Å². The van der Waals surface area contributed by atoms with Crippen LogP contribution in [0.3, 0.4) is 0 Å². The molecule has 3 heteroatoms. The van der Waals surface area contributed by atoms with Gasteiger partial charge >= 0.3 is 0 Å². The number of aromatic nitrogens is 1. The Balaban J connectivity index is 2.77. The van der Waals surface area contributed by atoms with E-state index < -0.39 is 0 Å². The third-order valence-corrected chi connectivity index (χ3v) is 2.48. The van der Waals surface area contributed by atoms with Gasteiger partial charge in [-0.05, 0) is 21.3 Å². The van der Waals surface area contributed by atoms with Gasteiger partial charge in [0.25, 0.3) is 0 Å². The standard InChI is InChI=1S/C10H8BrNO/c1-13-9-6-7-4-2-3-5-8(7)10(11)12-9/h2-6H,1H3. The molecule has 0 saturated heterocycles. The molecule has 66 valence electrons. The number of hydrogen-bond acceptors (Lipinski definition) is 2. The van der Waals surface area contributed by atoms with Crippen molar-refractivity contribution in [3.63, 3.8) is 0 Å². The van der Waals surface area contributed by atoms with Crippen molar-refractivity contribution in [2.45, 2.75) is 0 Å². The second-order valence-electron chi connectivity index (χ2n) is 2.68. The Morgan fingerprint density at radius 2 is 2.08 bits per heavy atom. The third-order valence-electron chi connectivity index (χ3n) is 1.88. The molecule has 2 aromatic rings. The molecule has 1 heterocycles. The quantitative estimate of drug-likeness (QED) is 0.712. The summed E-state index contributed by atoms with van der Waals surface area (Å²) in [5.41, 5.74) is 0. The number of methoxy groups -OCH3 is 1. The largest absolute Gasteiger partial charge is 0.481 e. The van der Waals surface area contributed by atoms with Gasteiger partial charge in [-0.25, -0.2) is 4.98 Å². The zero-order valence-electron chi connectivity index (χ0n) is 7.12. The zero-order valence-corrected chi connectivity index (χ0v) is 8.71. The molecule has 2 nitrogen and oxygen atoms in total. The third kappa shape index (κ3) is 1.52.